The van der Waals surface area contributed by atoms with Gasteiger partial charge in [0, 0.05) is 44.0 Å². The summed E-state index contributed by atoms with van der Waals surface area (Å²) in [5.74, 6) is 1.17. The lowest BCUT2D eigenvalue weighted by Gasteiger charge is -2.52. The molecule has 4 rings (SSSR count). The van der Waals surface area contributed by atoms with Crippen LogP contribution in [0.15, 0.2) is 6.07 Å². The molecule has 1 aromatic heterocycles. The van der Waals surface area contributed by atoms with Crippen LogP contribution in [0.5, 0.6) is 0 Å². The third kappa shape index (κ3) is 3.26. The van der Waals surface area contributed by atoms with Crippen LogP contribution in [0.25, 0.3) is 0 Å². The van der Waals surface area contributed by atoms with Crippen molar-refractivity contribution in [2.75, 3.05) is 49.6 Å². The number of nitrogens with zero attached hydrogens (tertiary/aromatic N) is 5. The van der Waals surface area contributed by atoms with Crippen LogP contribution in [-0.4, -0.2) is 71.8 Å². The predicted octanol–water partition coefficient (Wildman–Crippen LogP) is 2.01. The van der Waals surface area contributed by atoms with Crippen LogP contribution in [0.4, 0.5) is 11.8 Å². The molecule has 0 aromatic carbocycles. The molecule has 2 atom stereocenters. The Morgan fingerprint density at radius 2 is 1.93 bits per heavy atom. The van der Waals surface area contributed by atoms with Crippen molar-refractivity contribution in [2.45, 2.75) is 51.5 Å². The molecule has 1 N–H and O–H groups in total. The second-order valence-electron chi connectivity index (χ2n) is 8.32. The average molecular weight is 374 g/mol. The molecule has 3 aliphatic rings. The van der Waals surface area contributed by atoms with E-state index >= 15 is 0 Å². The highest BCUT2D eigenvalue weighted by Gasteiger charge is 2.52. The summed E-state index contributed by atoms with van der Waals surface area (Å²) in [5, 5.41) is 9.99. The lowest BCUT2D eigenvalue weighted by molar-refractivity contribution is -0.158. The van der Waals surface area contributed by atoms with Gasteiger partial charge in [-0.05, 0) is 52.1 Å². The number of aromatic nitrogens is 2. The molecule has 7 nitrogen and oxygen atoms in total. The maximum atomic E-state index is 12.2. The zero-order chi connectivity index (χ0) is 19.0. The van der Waals surface area contributed by atoms with Crippen LogP contribution in [0.1, 0.15) is 44.7 Å². The van der Waals surface area contributed by atoms with Gasteiger partial charge >= 0.3 is 5.97 Å². The summed E-state index contributed by atoms with van der Waals surface area (Å²) in [6, 6.07) is 2.13. The molecule has 4 heterocycles. The van der Waals surface area contributed by atoms with E-state index in [1.54, 1.807) is 0 Å². The van der Waals surface area contributed by atoms with Crippen molar-refractivity contribution >= 4 is 17.7 Å². The van der Waals surface area contributed by atoms with Gasteiger partial charge in [-0.25, -0.2) is 4.98 Å². The van der Waals surface area contributed by atoms with E-state index in [0.29, 0.717) is 6.42 Å². The van der Waals surface area contributed by atoms with Crippen LogP contribution in [0.3, 0.4) is 0 Å². The van der Waals surface area contributed by atoms with Crippen molar-refractivity contribution in [3.8, 4) is 0 Å². The minimum atomic E-state index is -0.631. The average Bonchev–Trinajstić information content (AvgIpc) is 3.22. The van der Waals surface area contributed by atoms with Crippen molar-refractivity contribution < 1.29 is 9.90 Å². The minimum Gasteiger partial charge on any atom is -0.481 e. The van der Waals surface area contributed by atoms with Gasteiger partial charge in [-0.2, -0.15) is 4.98 Å². The number of anilines is 2. The fourth-order valence-electron chi connectivity index (χ4n) is 5.06. The van der Waals surface area contributed by atoms with Gasteiger partial charge in [-0.15, -0.1) is 0 Å². The molecule has 3 saturated heterocycles. The third-order valence-electron chi connectivity index (χ3n) is 6.78. The topological polar surface area (TPSA) is 72.8 Å². The van der Waals surface area contributed by atoms with Crippen molar-refractivity contribution in [2.24, 2.45) is 5.41 Å². The molecule has 0 amide bonds. The molecule has 3 fully saturated rings. The molecule has 27 heavy (non-hydrogen) atoms. The smallest absolute Gasteiger partial charge is 0.311 e. The quantitative estimate of drug-likeness (QED) is 0.865. The molecular weight excluding hydrogens is 342 g/mol. The monoisotopic (exact) mass is 373 g/mol. The van der Waals surface area contributed by atoms with Gasteiger partial charge in [0.15, 0.2) is 0 Å². The Morgan fingerprint density at radius 3 is 2.63 bits per heavy atom. The molecule has 0 spiro atoms. The highest BCUT2D eigenvalue weighted by Crippen LogP contribution is 2.43. The first-order valence-corrected chi connectivity index (χ1v) is 10.3. The van der Waals surface area contributed by atoms with Crippen LogP contribution in [-0.2, 0) is 11.2 Å². The largest absolute Gasteiger partial charge is 0.481 e. The van der Waals surface area contributed by atoms with Gasteiger partial charge in [0.05, 0.1) is 5.41 Å². The van der Waals surface area contributed by atoms with Gasteiger partial charge in [0.25, 0.3) is 0 Å². The summed E-state index contributed by atoms with van der Waals surface area (Å²) in [5.41, 5.74) is 0.455. The number of likely N-dealkylation sites (N-methyl/N-ethyl adjacent to an activating group) is 1. The van der Waals surface area contributed by atoms with E-state index in [1.165, 1.54) is 12.8 Å². The molecular formula is C20H31N5O2. The predicted molar refractivity (Wildman–Crippen MR) is 105 cm³/mol. The second kappa shape index (κ2) is 7.26. The number of carboxylic acid groups (broad SMARTS) is 1. The van der Waals surface area contributed by atoms with E-state index < -0.39 is 11.4 Å². The molecule has 0 radical (unpaired) electrons. The number of fused-ring (bicyclic) bond motifs is 1. The number of piperidine rings is 2. The normalized spacial score (nSPS) is 29.0. The highest BCUT2D eigenvalue weighted by molar-refractivity contribution is 5.76. The molecule has 0 unspecified atom stereocenters. The summed E-state index contributed by atoms with van der Waals surface area (Å²) < 4.78 is 0. The maximum absolute atomic E-state index is 12.2. The van der Waals surface area contributed by atoms with Gasteiger partial charge in [0.2, 0.25) is 5.95 Å². The maximum Gasteiger partial charge on any atom is 0.311 e. The van der Waals surface area contributed by atoms with Crippen molar-refractivity contribution in [3.63, 3.8) is 0 Å². The Labute approximate surface area is 161 Å². The van der Waals surface area contributed by atoms with Gasteiger partial charge in [0.1, 0.15) is 5.82 Å². The van der Waals surface area contributed by atoms with Gasteiger partial charge in [-0.3, -0.25) is 4.79 Å². The van der Waals surface area contributed by atoms with Crippen molar-refractivity contribution in [3.05, 3.63) is 11.8 Å². The molecule has 0 bridgehead atoms. The third-order valence-corrected chi connectivity index (χ3v) is 6.78. The number of carbonyl (C=O) groups is 1. The Balaban J connectivity index is 1.62. The summed E-state index contributed by atoms with van der Waals surface area (Å²) >= 11 is 0. The second-order valence-corrected chi connectivity index (χ2v) is 8.32. The molecule has 148 valence electrons. The highest BCUT2D eigenvalue weighted by atomic mass is 16.4. The molecule has 3 aliphatic heterocycles. The first-order chi connectivity index (χ1) is 13.0. The van der Waals surface area contributed by atoms with Gasteiger partial charge < -0.3 is 19.8 Å². The first kappa shape index (κ1) is 18.5. The van der Waals surface area contributed by atoms with Crippen molar-refractivity contribution in [1.82, 2.24) is 14.9 Å². The number of hydrogen-bond donors (Lipinski definition) is 1. The molecule has 0 saturated carbocycles. The Morgan fingerprint density at radius 1 is 1.15 bits per heavy atom. The van der Waals surface area contributed by atoms with E-state index in [2.05, 4.69) is 34.7 Å². The van der Waals surface area contributed by atoms with E-state index in [1.807, 2.05) is 0 Å². The number of aliphatic carboxylic acids is 1. The fourth-order valence-corrected chi connectivity index (χ4v) is 5.06. The van der Waals surface area contributed by atoms with E-state index in [4.69, 9.17) is 9.97 Å². The standard InChI is InChI=1S/C20H31N5O2/c1-3-15-13-17(22-19(21-15)24-10-4-5-11-24)25-12-8-20(18(26)27)7-6-9-23(2)16(20)14-25/h13,16H,3-12,14H2,1-2H3,(H,26,27)/t16-,20+/m1/s1. The molecule has 7 heteroatoms. The lowest BCUT2D eigenvalue weighted by Crippen LogP contribution is -2.63. The van der Waals surface area contributed by atoms with E-state index in [0.717, 1.165) is 69.4 Å². The number of hydrogen-bond acceptors (Lipinski definition) is 6. The molecule has 1 aromatic rings. The van der Waals surface area contributed by atoms with Crippen LogP contribution >= 0.6 is 0 Å². The Hall–Kier alpha value is -1.89. The SMILES string of the molecule is CCc1cc(N2CC[C@@]3(C(=O)O)CCCN(C)[C@@H]3C2)nc(N2CCCC2)n1. The minimum absolute atomic E-state index is 0.0350. The summed E-state index contributed by atoms with van der Waals surface area (Å²) in [6.07, 6.45) is 5.72. The first-order valence-electron chi connectivity index (χ1n) is 10.3. The van der Waals surface area contributed by atoms with E-state index in [9.17, 15) is 9.90 Å². The summed E-state index contributed by atoms with van der Waals surface area (Å²) in [6.45, 7) is 6.62. The fraction of sp³-hybridized carbons (Fsp3) is 0.750. The van der Waals surface area contributed by atoms with Crippen LogP contribution in [0.2, 0.25) is 0 Å². The van der Waals surface area contributed by atoms with Crippen molar-refractivity contribution in [1.29, 1.82) is 0 Å². The number of carboxylic acids is 1. The zero-order valence-corrected chi connectivity index (χ0v) is 16.5. The van der Waals surface area contributed by atoms with Gasteiger partial charge in [-0.1, -0.05) is 6.92 Å². The summed E-state index contributed by atoms with van der Waals surface area (Å²) in [4.78, 5) is 28.6. The zero-order valence-electron chi connectivity index (χ0n) is 16.5. The Kier molecular flexibility index (Phi) is 4.97. The number of aryl methyl sites for hydroxylation is 1. The summed E-state index contributed by atoms with van der Waals surface area (Å²) in [7, 11) is 2.07. The number of rotatable bonds is 4. The Bertz CT molecular complexity index is 706. The van der Waals surface area contributed by atoms with Crippen LogP contribution < -0.4 is 9.80 Å². The van der Waals surface area contributed by atoms with E-state index in [-0.39, 0.29) is 6.04 Å². The lowest BCUT2D eigenvalue weighted by atomic mass is 9.68. The number of likely N-dealkylation sites (tertiary alicyclic amines) is 1. The van der Waals surface area contributed by atoms with Crippen LogP contribution in [0, 0.1) is 5.41 Å². The molecule has 0 aliphatic carbocycles.